The van der Waals surface area contributed by atoms with E-state index in [0.717, 1.165) is 6.42 Å². The third-order valence-electron chi connectivity index (χ3n) is 6.61. The monoisotopic (exact) mass is 446 g/mol. The lowest BCUT2D eigenvalue weighted by Gasteiger charge is -2.16. The van der Waals surface area contributed by atoms with Gasteiger partial charge in [0, 0.05) is 0 Å². The van der Waals surface area contributed by atoms with Crippen LogP contribution in [-0.4, -0.2) is 17.7 Å². The Morgan fingerprint density at radius 3 is 1.56 bits per heavy atom. The molecule has 1 atom stereocenters. The largest absolute Gasteiger partial charge is 0.482 e. The molecule has 0 amide bonds. The Kier molecular flexibility index (Phi) is 17.9. The van der Waals surface area contributed by atoms with E-state index in [1.807, 2.05) is 12.1 Å². The van der Waals surface area contributed by atoms with Crippen LogP contribution in [0.15, 0.2) is 24.3 Å². The maximum absolute atomic E-state index is 10.6. The van der Waals surface area contributed by atoms with Gasteiger partial charge < -0.3 is 9.84 Å². The van der Waals surface area contributed by atoms with Crippen LogP contribution in [0.25, 0.3) is 0 Å². The molecule has 0 aliphatic heterocycles. The molecule has 1 unspecified atom stereocenters. The Labute approximate surface area is 198 Å². The first-order valence-corrected chi connectivity index (χ1v) is 13.6. The summed E-state index contributed by atoms with van der Waals surface area (Å²) in [6.07, 6.45) is 24.9. The molecule has 0 aliphatic rings. The van der Waals surface area contributed by atoms with Crippen LogP contribution in [0.2, 0.25) is 0 Å². The number of carboxylic acid groups (broad SMARTS) is 1. The van der Waals surface area contributed by atoms with Gasteiger partial charge in [-0.3, -0.25) is 0 Å². The summed E-state index contributed by atoms with van der Waals surface area (Å²) in [5.74, 6) is 0.285. The van der Waals surface area contributed by atoms with Gasteiger partial charge in [0.25, 0.3) is 0 Å². The molecule has 32 heavy (non-hydrogen) atoms. The third-order valence-corrected chi connectivity index (χ3v) is 6.61. The first kappa shape index (κ1) is 28.5. The highest BCUT2D eigenvalue weighted by molar-refractivity contribution is 5.68. The summed E-state index contributed by atoms with van der Waals surface area (Å²) in [7, 11) is 0. The van der Waals surface area contributed by atoms with Crippen molar-refractivity contribution in [2.45, 2.75) is 135 Å². The Hall–Kier alpha value is -1.51. The van der Waals surface area contributed by atoms with Crippen LogP contribution in [0.4, 0.5) is 0 Å². The minimum atomic E-state index is -0.941. The molecule has 0 bridgehead atoms. The van der Waals surface area contributed by atoms with Gasteiger partial charge in [-0.25, -0.2) is 4.79 Å². The number of carboxylic acids is 1. The molecular formula is C29H50O3. The summed E-state index contributed by atoms with van der Waals surface area (Å²) in [5, 5.41) is 8.70. The standard InChI is InChI=1S/C29H50O3/c1-3-5-6-7-8-9-10-11-12-13-14-15-16-17-18-19-20-26(4-2)27-21-23-28(24-22-27)32-25-29(30)31/h21-24,26H,3-20,25H2,1-2H3,(H,30,31). The van der Waals surface area contributed by atoms with Crippen LogP contribution in [0, 0.1) is 0 Å². The normalized spacial score (nSPS) is 12.1. The zero-order valence-corrected chi connectivity index (χ0v) is 21.1. The minimum Gasteiger partial charge on any atom is -0.482 e. The summed E-state index contributed by atoms with van der Waals surface area (Å²) >= 11 is 0. The fourth-order valence-electron chi connectivity index (χ4n) is 4.53. The van der Waals surface area contributed by atoms with E-state index in [1.54, 1.807) is 0 Å². The predicted molar refractivity (Wildman–Crippen MR) is 137 cm³/mol. The number of benzene rings is 1. The van der Waals surface area contributed by atoms with Gasteiger partial charge in [0.2, 0.25) is 0 Å². The van der Waals surface area contributed by atoms with Gasteiger partial charge >= 0.3 is 5.97 Å². The van der Waals surface area contributed by atoms with Gasteiger partial charge in [-0.15, -0.1) is 0 Å². The highest BCUT2D eigenvalue weighted by atomic mass is 16.5. The number of rotatable bonds is 22. The Morgan fingerprint density at radius 1 is 0.719 bits per heavy atom. The third kappa shape index (κ3) is 15.3. The summed E-state index contributed by atoms with van der Waals surface area (Å²) in [6, 6.07) is 7.98. The molecule has 1 N–H and O–H groups in total. The van der Waals surface area contributed by atoms with Crippen molar-refractivity contribution in [2.75, 3.05) is 6.61 Å². The van der Waals surface area contributed by atoms with E-state index < -0.39 is 5.97 Å². The Morgan fingerprint density at radius 2 is 1.16 bits per heavy atom. The molecule has 0 fully saturated rings. The van der Waals surface area contributed by atoms with Crippen molar-refractivity contribution in [3.63, 3.8) is 0 Å². The van der Waals surface area contributed by atoms with Crippen molar-refractivity contribution in [3.05, 3.63) is 29.8 Å². The molecule has 1 rings (SSSR count). The fourth-order valence-corrected chi connectivity index (χ4v) is 4.53. The van der Waals surface area contributed by atoms with Crippen LogP contribution < -0.4 is 4.74 Å². The lowest BCUT2D eigenvalue weighted by molar-refractivity contribution is -0.139. The number of unbranched alkanes of at least 4 members (excludes halogenated alkanes) is 15. The fraction of sp³-hybridized carbons (Fsp3) is 0.759. The highest BCUT2D eigenvalue weighted by Gasteiger charge is 2.09. The van der Waals surface area contributed by atoms with E-state index in [9.17, 15) is 4.79 Å². The molecule has 0 saturated heterocycles. The predicted octanol–water partition coefficient (Wildman–Crippen LogP) is 9.30. The smallest absolute Gasteiger partial charge is 0.341 e. The van der Waals surface area contributed by atoms with Crippen molar-refractivity contribution in [2.24, 2.45) is 0 Å². The number of ether oxygens (including phenoxy) is 1. The lowest BCUT2D eigenvalue weighted by atomic mass is 9.90. The topological polar surface area (TPSA) is 46.5 Å². The second-order valence-electron chi connectivity index (χ2n) is 9.45. The van der Waals surface area contributed by atoms with Crippen molar-refractivity contribution in [1.82, 2.24) is 0 Å². The molecule has 0 aromatic heterocycles. The van der Waals surface area contributed by atoms with E-state index in [0.29, 0.717) is 11.7 Å². The lowest BCUT2D eigenvalue weighted by Crippen LogP contribution is -2.09. The summed E-state index contributed by atoms with van der Waals surface area (Å²) in [6.45, 7) is 4.26. The van der Waals surface area contributed by atoms with Gasteiger partial charge in [-0.1, -0.05) is 129 Å². The highest BCUT2D eigenvalue weighted by Crippen LogP contribution is 2.27. The van der Waals surface area contributed by atoms with Crippen LogP contribution in [0.5, 0.6) is 5.75 Å². The van der Waals surface area contributed by atoms with Gasteiger partial charge in [-0.2, -0.15) is 0 Å². The molecule has 184 valence electrons. The maximum atomic E-state index is 10.6. The maximum Gasteiger partial charge on any atom is 0.341 e. The average molecular weight is 447 g/mol. The first-order valence-electron chi connectivity index (χ1n) is 13.6. The molecule has 0 heterocycles. The van der Waals surface area contributed by atoms with Gasteiger partial charge in [0.15, 0.2) is 6.61 Å². The van der Waals surface area contributed by atoms with Crippen LogP contribution in [0.3, 0.4) is 0 Å². The SMILES string of the molecule is CCCCCCCCCCCCCCCCCCC(CC)c1ccc(OCC(=O)O)cc1. The quantitative estimate of drug-likeness (QED) is 0.180. The number of aliphatic carboxylic acids is 1. The zero-order chi connectivity index (χ0) is 23.3. The molecule has 0 spiro atoms. The number of hydrogen-bond donors (Lipinski definition) is 1. The van der Waals surface area contributed by atoms with E-state index in [2.05, 4.69) is 26.0 Å². The Balaban J connectivity index is 1.97. The first-order chi connectivity index (χ1) is 15.7. The van der Waals surface area contributed by atoms with Gasteiger partial charge in [-0.05, 0) is 36.5 Å². The van der Waals surface area contributed by atoms with E-state index >= 15 is 0 Å². The number of carbonyl (C=O) groups is 1. The van der Waals surface area contributed by atoms with Crippen LogP contribution in [0.1, 0.15) is 141 Å². The molecule has 0 radical (unpaired) electrons. The van der Waals surface area contributed by atoms with E-state index in [-0.39, 0.29) is 6.61 Å². The minimum absolute atomic E-state index is 0.282. The molecule has 0 aliphatic carbocycles. The average Bonchev–Trinajstić information content (AvgIpc) is 2.80. The van der Waals surface area contributed by atoms with Crippen molar-refractivity contribution >= 4 is 5.97 Å². The summed E-state index contributed by atoms with van der Waals surface area (Å²) in [4.78, 5) is 10.6. The molecule has 3 heteroatoms. The second-order valence-corrected chi connectivity index (χ2v) is 9.45. The van der Waals surface area contributed by atoms with Crippen LogP contribution >= 0.6 is 0 Å². The van der Waals surface area contributed by atoms with Crippen molar-refractivity contribution in [1.29, 1.82) is 0 Å². The van der Waals surface area contributed by atoms with Gasteiger partial charge in [0.05, 0.1) is 0 Å². The Bertz CT molecular complexity index is 552. The summed E-state index contributed by atoms with van der Waals surface area (Å²) < 4.78 is 5.23. The molecule has 1 aromatic rings. The number of hydrogen-bond acceptors (Lipinski definition) is 2. The molecular weight excluding hydrogens is 396 g/mol. The van der Waals surface area contributed by atoms with Crippen LogP contribution in [-0.2, 0) is 4.79 Å². The van der Waals surface area contributed by atoms with Gasteiger partial charge in [0.1, 0.15) is 5.75 Å². The molecule has 1 aromatic carbocycles. The van der Waals surface area contributed by atoms with E-state index in [4.69, 9.17) is 9.84 Å². The molecule has 3 nitrogen and oxygen atoms in total. The van der Waals surface area contributed by atoms with E-state index in [1.165, 1.54) is 115 Å². The van der Waals surface area contributed by atoms with Crippen molar-refractivity contribution in [3.8, 4) is 5.75 Å². The summed E-state index contributed by atoms with van der Waals surface area (Å²) in [5.41, 5.74) is 1.34. The molecule has 0 saturated carbocycles. The van der Waals surface area contributed by atoms with Crippen molar-refractivity contribution < 1.29 is 14.6 Å². The zero-order valence-electron chi connectivity index (χ0n) is 21.1. The second kappa shape index (κ2) is 20.1.